The minimum absolute atomic E-state index is 0.0480. The number of rotatable bonds is 3. The van der Waals surface area contributed by atoms with Gasteiger partial charge in [0.2, 0.25) is 0 Å². The molecule has 0 unspecified atom stereocenters. The summed E-state index contributed by atoms with van der Waals surface area (Å²) < 4.78 is 5.35. The maximum atomic E-state index is 12.4. The Morgan fingerprint density at radius 3 is 2.93 bits per heavy atom. The molecule has 1 aliphatic heterocycles. The Morgan fingerprint density at radius 1 is 1.22 bits per heavy atom. The van der Waals surface area contributed by atoms with Gasteiger partial charge < -0.3 is 20.4 Å². The average molecular weight is 385 g/mol. The highest BCUT2D eigenvalue weighted by Gasteiger charge is 2.16. The fourth-order valence-corrected chi connectivity index (χ4v) is 2.88. The summed E-state index contributed by atoms with van der Waals surface area (Å²) in [7, 11) is 0. The highest BCUT2D eigenvalue weighted by molar-refractivity contribution is 6.31. The van der Waals surface area contributed by atoms with Gasteiger partial charge in [0.15, 0.2) is 12.4 Å². The predicted molar refractivity (Wildman–Crippen MR) is 99.1 cm³/mol. The van der Waals surface area contributed by atoms with Gasteiger partial charge in [0.05, 0.1) is 16.6 Å². The molecule has 136 valence electrons. The second kappa shape index (κ2) is 6.73. The molecule has 3 N–H and O–H groups in total. The largest absolute Gasteiger partial charge is 0.482 e. The molecule has 0 spiro atoms. The molecule has 1 aromatic heterocycles. The van der Waals surface area contributed by atoms with E-state index >= 15 is 0 Å². The number of aromatic amines is 1. The van der Waals surface area contributed by atoms with Crippen LogP contribution >= 0.6 is 11.6 Å². The number of hydrogen-bond acceptors (Lipinski definition) is 5. The van der Waals surface area contributed by atoms with Crippen LogP contribution in [0.1, 0.15) is 16.2 Å². The van der Waals surface area contributed by atoms with E-state index < -0.39 is 11.5 Å². The summed E-state index contributed by atoms with van der Waals surface area (Å²) >= 11 is 5.92. The maximum Gasteiger partial charge on any atom is 0.287 e. The standard InChI is InChI=1S/C18H13ClN4O4/c19-10-2-3-11-13(6-10)22-16(23-17(11)25)18(26)20-7-9-1-4-12-14(5-9)27-8-15(24)21-12/h1-6H,7-8H2,(H,20,26)(H,21,24)(H,22,23,25). The molecular weight excluding hydrogens is 372 g/mol. The van der Waals surface area contributed by atoms with Crippen LogP contribution in [0.2, 0.25) is 5.02 Å². The van der Waals surface area contributed by atoms with E-state index in [9.17, 15) is 14.4 Å². The van der Waals surface area contributed by atoms with Gasteiger partial charge in [-0.1, -0.05) is 17.7 Å². The van der Waals surface area contributed by atoms with Gasteiger partial charge in [0, 0.05) is 11.6 Å². The lowest BCUT2D eigenvalue weighted by Gasteiger charge is -2.18. The summed E-state index contributed by atoms with van der Waals surface area (Å²) in [5.41, 5.74) is 1.28. The SMILES string of the molecule is O=C1COc2cc(CNC(=O)c3nc4cc(Cl)ccc4c(=O)[nH]3)ccc2N1. The minimum atomic E-state index is -0.527. The first kappa shape index (κ1) is 17.0. The number of hydrogen-bond donors (Lipinski definition) is 3. The van der Waals surface area contributed by atoms with Crippen LogP contribution in [-0.2, 0) is 11.3 Å². The zero-order chi connectivity index (χ0) is 19.0. The number of halogens is 1. The molecule has 0 atom stereocenters. The van der Waals surface area contributed by atoms with Crippen LogP contribution in [0.4, 0.5) is 5.69 Å². The second-order valence-electron chi connectivity index (χ2n) is 5.93. The first-order valence-electron chi connectivity index (χ1n) is 8.03. The van der Waals surface area contributed by atoms with Crippen molar-refractivity contribution in [3.8, 4) is 5.75 Å². The second-order valence-corrected chi connectivity index (χ2v) is 6.36. The number of fused-ring (bicyclic) bond motifs is 2. The van der Waals surface area contributed by atoms with Gasteiger partial charge >= 0.3 is 0 Å². The number of nitrogens with one attached hydrogen (secondary N) is 3. The highest BCUT2D eigenvalue weighted by Crippen LogP contribution is 2.28. The number of amides is 2. The molecule has 0 fully saturated rings. The third-order valence-electron chi connectivity index (χ3n) is 4.02. The Hall–Kier alpha value is -3.39. The third-order valence-corrected chi connectivity index (χ3v) is 4.25. The van der Waals surface area contributed by atoms with Crippen molar-refractivity contribution in [1.29, 1.82) is 0 Å². The van der Waals surface area contributed by atoms with Crippen LogP contribution in [0.5, 0.6) is 5.75 Å². The molecule has 3 aromatic rings. The van der Waals surface area contributed by atoms with Gasteiger partial charge in [-0.2, -0.15) is 0 Å². The molecule has 0 aliphatic carbocycles. The van der Waals surface area contributed by atoms with Crippen LogP contribution in [-0.4, -0.2) is 28.4 Å². The first-order valence-corrected chi connectivity index (χ1v) is 8.41. The van der Waals surface area contributed by atoms with Crippen molar-refractivity contribution in [2.45, 2.75) is 6.54 Å². The van der Waals surface area contributed by atoms with E-state index in [0.717, 1.165) is 5.56 Å². The fourth-order valence-electron chi connectivity index (χ4n) is 2.72. The summed E-state index contributed by atoms with van der Waals surface area (Å²) in [6.07, 6.45) is 0. The first-order chi connectivity index (χ1) is 13.0. The number of nitrogens with zero attached hydrogens (tertiary/aromatic N) is 1. The lowest BCUT2D eigenvalue weighted by Crippen LogP contribution is -2.28. The van der Waals surface area contributed by atoms with Crippen LogP contribution in [0.15, 0.2) is 41.2 Å². The lowest BCUT2D eigenvalue weighted by atomic mass is 10.1. The Bertz CT molecular complexity index is 1140. The number of anilines is 1. The molecule has 9 heteroatoms. The molecule has 27 heavy (non-hydrogen) atoms. The highest BCUT2D eigenvalue weighted by atomic mass is 35.5. The topological polar surface area (TPSA) is 113 Å². The van der Waals surface area contributed by atoms with Gasteiger partial charge in [-0.3, -0.25) is 14.4 Å². The normalized spacial score (nSPS) is 12.9. The smallest absolute Gasteiger partial charge is 0.287 e. The molecule has 0 radical (unpaired) electrons. The van der Waals surface area contributed by atoms with Gasteiger partial charge in [-0.15, -0.1) is 0 Å². The molecule has 2 amide bonds. The average Bonchev–Trinajstić information content (AvgIpc) is 2.65. The van der Waals surface area contributed by atoms with E-state index in [1.165, 1.54) is 6.07 Å². The Labute approximate surface area is 157 Å². The quantitative estimate of drug-likeness (QED) is 0.637. The van der Waals surface area contributed by atoms with Crippen molar-refractivity contribution >= 4 is 40.0 Å². The molecule has 4 rings (SSSR count). The molecular formula is C18H13ClN4O4. The number of aromatic nitrogens is 2. The molecule has 2 aromatic carbocycles. The van der Waals surface area contributed by atoms with Crippen molar-refractivity contribution in [3.05, 3.63) is 63.2 Å². The fraction of sp³-hybridized carbons (Fsp3) is 0.111. The zero-order valence-electron chi connectivity index (χ0n) is 13.8. The Kier molecular flexibility index (Phi) is 4.25. The van der Waals surface area contributed by atoms with E-state index in [1.807, 2.05) is 0 Å². The zero-order valence-corrected chi connectivity index (χ0v) is 14.6. The summed E-state index contributed by atoms with van der Waals surface area (Å²) in [6.45, 7) is 0.147. The van der Waals surface area contributed by atoms with E-state index in [0.29, 0.717) is 27.4 Å². The summed E-state index contributed by atoms with van der Waals surface area (Å²) in [5, 5.41) is 6.16. The molecule has 0 saturated carbocycles. The van der Waals surface area contributed by atoms with Gasteiger partial charge in [-0.25, -0.2) is 4.98 Å². The molecule has 0 saturated heterocycles. The Morgan fingerprint density at radius 2 is 2.07 bits per heavy atom. The van der Waals surface area contributed by atoms with E-state index in [1.54, 1.807) is 30.3 Å². The van der Waals surface area contributed by atoms with Gasteiger partial charge in [0.25, 0.3) is 17.4 Å². The van der Waals surface area contributed by atoms with Crippen molar-refractivity contribution < 1.29 is 14.3 Å². The molecule has 1 aliphatic rings. The summed E-state index contributed by atoms with van der Waals surface area (Å²) in [5.74, 6) is -0.305. The van der Waals surface area contributed by atoms with E-state index in [2.05, 4.69) is 20.6 Å². The molecule has 8 nitrogen and oxygen atoms in total. The summed E-state index contributed by atoms with van der Waals surface area (Å²) in [4.78, 5) is 42.4. The Balaban J connectivity index is 1.52. The van der Waals surface area contributed by atoms with E-state index in [4.69, 9.17) is 16.3 Å². The molecule has 0 bridgehead atoms. The van der Waals surface area contributed by atoms with Crippen molar-refractivity contribution in [3.63, 3.8) is 0 Å². The van der Waals surface area contributed by atoms with Gasteiger partial charge in [0.1, 0.15) is 5.75 Å². The molecule has 2 heterocycles. The van der Waals surface area contributed by atoms with Crippen LogP contribution in [0.25, 0.3) is 10.9 Å². The monoisotopic (exact) mass is 384 g/mol. The van der Waals surface area contributed by atoms with E-state index in [-0.39, 0.29) is 24.9 Å². The minimum Gasteiger partial charge on any atom is -0.482 e. The number of ether oxygens (including phenoxy) is 1. The van der Waals surface area contributed by atoms with Gasteiger partial charge in [-0.05, 0) is 35.9 Å². The summed E-state index contributed by atoms with van der Waals surface area (Å²) in [6, 6.07) is 9.85. The van der Waals surface area contributed by atoms with Crippen LogP contribution in [0, 0.1) is 0 Å². The van der Waals surface area contributed by atoms with Crippen LogP contribution < -0.4 is 20.9 Å². The van der Waals surface area contributed by atoms with Crippen LogP contribution in [0.3, 0.4) is 0 Å². The lowest BCUT2D eigenvalue weighted by molar-refractivity contribution is -0.118. The number of H-pyrrole nitrogens is 1. The maximum absolute atomic E-state index is 12.4. The number of benzene rings is 2. The van der Waals surface area contributed by atoms with Crippen molar-refractivity contribution in [2.24, 2.45) is 0 Å². The predicted octanol–water partition coefficient (Wildman–Crippen LogP) is 1.84. The number of carbonyl (C=O) groups excluding carboxylic acids is 2. The number of carbonyl (C=O) groups is 2. The van der Waals surface area contributed by atoms with Crippen molar-refractivity contribution in [2.75, 3.05) is 11.9 Å². The third kappa shape index (κ3) is 3.47. The van der Waals surface area contributed by atoms with Crippen molar-refractivity contribution in [1.82, 2.24) is 15.3 Å².